The molecule has 0 saturated heterocycles. The Kier molecular flexibility index (Phi) is 3.23. The molecular weight excluding hydrogens is 94.1 g/mol. The minimum atomic E-state index is 0. The summed E-state index contributed by atoms with van der Waals surface area (Å²) in [5, 5.41) is 0. The van der Waals surface area contributed by atoms with Crippen molar-refractivity contribution in [3.8, 4) is 0 Å². The van der Waals surface area contributed by atoms with Gasteiger partial charge in [0.15, 0.2) is 0 Å². The Bertz CT molecular complexity index is 45.5. The van der Waals surface area contributed by atoms with Gasteiger partial charge in [0.05, 0.1) is 5.55 Å². The van der Waals surface area contributed by atoms with E-state index in [1.165, 1.54) is 5.75 Å². The Balaban J connectivity index is 0.000000250. The van der Waals surface area contributed by atoms with Crippen molar-refractivity contribution in [2.45, 2.75) is 7.43 Å². The number of nitrogens with zero attached hydrogens (tertiary/aromatic N) is 1. The number of hydrogen-bond acceptors (Lipinski definition) is 2. The second-order valence-corrected chi connectivity index (χ2v) is 1.83. The minimum absolute atomic E-state index is 0. The lowest BCUT2D eigenvalue weighted by molar-refractivity contribution is 1.18. The van der Waals surface area contributed by atoms with E-state index in [4.69, 9.17) is 0 Å². The Morgan fingerprint density at radius 3 is 2.67 bits per heavy atom. The first-order valence-corrected chi connectivity index (χ1v) is 2.65. The van der Waals surface area contributed by atoms with Crippen molar-refractivity contribution in [1.82, 2.24) is 0 Å². The van der Waals surface area contributed by atoms with Crippen molar-refractivity contribution < 1.29 is 0 Å². The second kappa shape index (κ2) is 3.22. The molecule has 0 bridgehead atoms. The molecule has 1 aliphatic heterocycles. The topological polar surface area (TPSA) is 12.4 Å². The van der Waals surface area contributed by atoms with Crippen molar-refractivity contribution in [2.75, 3.05) is 12.3 Å². The average Bonchev–Trinajstić information content (AvgIpc) is 1.76. The fraction of sp³-hybridized carbons (Fsp3) is 0.750. The Hall–Kier alpha value is 0.0200. The van der Waals surface area contributed by atoms with Crippen LogP contribution in [0.25, 0.3) is 0 Å². The quantitative estimate of drug-likeness (QED) is 0.451. The summed E-state index contributed by atoms with van der Waals surface area (Å²) in [4.78, 5) is 3.92. The van der Waals surface area contributed by atoms with Gasteiger partial charge < -0.3 is 0 Å². The monoisotopic (exact) mass is 103 g/mol. The Morgan fingerprint density at radius 1 is 1.67 bits per heavy atom. The highest BCUT2D eigenvalue weighted by molar-refractivity contribution is 8.12. The van der Waals surface area contributed by atoms with Crippen molar-refractivity contribution >= 4 is 17.3 Å². The van der Waals surface area contributed by atoms with Crippen LogP contribution in [0.2, 0.25) is 0 Å². The largest absolute Gasteiger partial charge is 0.285 e. The van der Waals surface area contributed by atoms with E-state index >= 15 is 0 Å². The van der Waals surface area contributed by atoms with Crippen LogP contribution in [0.5, 0.6) is 0 Å². The van der Waals surface area contributed by atoms with Gasteiger partial charge in [0.2, 0.25) is 0 Å². The molecule has 0 unspecified atom stereocenters. The molecule has 0 aliphatic carbocycles. The molecule has 0 N–H and O–H groups in total. The van der Waals surface area contributed by atoms with E-state index in [9.17, 15) is 0 Å². The third-order valence-corrected chi connectivity index (χ3v) is 1.20. The highest BCUT2D eigenvalue weighted by Gasteiger charge is 1.86. The summed E-state index contributed by atoms with van der Waals surface area (Å²) >= 11 is 1.78. The molecule has 0 spiro atoms. The van der Waals surface area contributed by atoms with E-state index in [-0.39, 0.29) is 7.43 Å². The standard InChI is InChI=1S/C3H5NS.CH4/c1-2-5-3-4-1;/h3H,1-2H2;1H4. The molecule has 0 aromatic carbocycles. The van der Waals surface area contributed by atoms with E-state index in [0.29, 0.717) is 0 Å². The van der Waals surface area contributed by atoms with E-state index in [0.717, 1.165) is 6.54 Å². The van der Waals surface area contributed by atoms with Gasteiger partial charge in [-0.1, -0.05) is 7.43 Å². The molecule has 0 saturated carbocycles. The van der Waals surface area contributed by atoms with Gasteiger partial charge in [-0.2, -0.15) is 0 Å². The lowest BCUT2D eigenvalue weighted by Gasteiger charge is -1.67. The van der Waals surface area contributed by atoms with Crippen LogP contribution in [0.1, 0.15) is 7.43 Å². The van der Waals surface area contributed by atoms with Crippen LogP contribution in [0.15, 0.2) is 4.99 Å². The number of rotatable bonds is 0. The van der Waals surface area contributed by atoms with Gasteiger partial charge in [0.25, 0.3) is 0 Å². The van der Waals surface area contributed by atoms with Gasteiger partial charge >= 0.3 is 0 Å². The fourth-order valence-corrected chi connectivity index (χ4v) is 0.791. The lowest BCUT2D eigenvalue weighted by Crippen LogP contribution is -1.69. The molecule has 2 heteroatoms. The molecule has 0 radical (unpaired) electrons. The van der Waals surface area contributed by atoms with Gasteiger partial charge in [-0.05, 0) is 0 Å². The second-order valence-electron chi connectivity index (χ2n) is 0.882. The molecule has 1 aliphatic rings. The fourth-order valence-electron chi connectivity index (χ4n) is 0.264. The Labute approximate surface area is 42.9 Å². The molecule has 0 atom stereocenters. The van der Waals surface area contributed by atoms with E-state index in [1.54, 1.807) is 11.8 Å². The van der Waals surface area contributed by atoms with E-state index in [2.05, 4.69) is 4.99 Å². The van der Waals surface area contributed by atoms with Crippen molar-refractivity contribution in [3.63, 3.8) is 0 Å². The smallest absolute Gasteiger partial charge is 0.0542 e. The molecule has 0 aromatic heterocycles. The molecule has 1 heterocycles. The van der Waals surface area contributed by atoms with Crippen LogP contribution in [-0.4, -0.2) is 17.8 Å². The molecule has 6 heavy (non-hydrogen) atoms. The molecule has 1 rings (SSSR count). The van der Waals surface area contributed by atoms with Gasteiger partial charge in [0.1, 0.15) is 0 Å². The first-order valence-electron chi connectivity index (χ1n) is 1.60. The van der Waals surface area contributed by atoms with Crippen LogP contribution >= 0.6 is 11.8 Å². The normalized spacial score (nSPS) is 17.3. The Morgan fingerprint density at radius 2 is 2.50 bits per heavy atom. The molecular formula is C4H9NS. The SMILES string of the molecule is C.C1=NCCS1. The third-order valence-electron chi connectivity index (χ3n) is 0.487. The molecule has 0 fully saturated rings. The number of aliphatic imine (C=N–C) groups is 1. The zero-order valence-corrected chi connectivity index (χ0v) is 3.66. The van der Waals surface area contributed by atoms with E-state index in [1.807, 2.05) is 5.55 Å². The van der Waals surface area contributed by atoms with Crippen molar-refractivity contribution in [1.29, 1.82) is 0 Å². The van der Waals surface area contributed by atoms with Crippen molar-refractivity contribution in [3.05, 3.63) is 0 Å². The van der Waals surface area contributed by atoms with Crippen molar-refractivity contribution in [2.24, 2.45) is 4.99 Å². The maximum Gasteiger partial charge on any atom is 0.0542 e. The first-order chi connectivity index (χ1) is 2.50. The summed E-state index contributed by atoms with van der Waals surface area (Å²) in [5.74, 6) is 1.19. The van der Waals surface area contributed by atoms with Gasteiger partial charge in [-0.3, -0.25) is 4.99 Å². The minimum Gasteiger partial charge on any atom is -0.285 e. The van der Waals surface area contributed by atoms with Crippen LogP contribution in [0.4, 0.5) is 0 Å². The predicted octanol–water partition coefficient (Wildman–Crippen LogP) is 1.40. The average molecular weight is 103 g/mol. The zero-order chi connectivity index (χ0) is 3.54. The van der Waals surface area contributed by atoms with Crippen LogP contribution in [0.3, 0.4) is 0 Å². The van der Waals surface area contributed by atoms with Crippen LogP contribution in [-0.2, 0) is 0 Å². The van der Waals surface area contributed by atoms with Crippen LogP contribution in [0, 0.1) is 0 Å². The molecule has 1 nitrogen and oxygen atoms in total. The van der Waals surface area contributed by atoms with Gasteiger partial charge in [-0.25, -0.2) is 0 Å². The van der Waals surface area contributed by atoms with Crippen LogP contribution < -0.4 is 0 Å². The maximum atomic E-state index is 3.92. The summed E-state index contributed by atoms with van der Waals surface area (Å²) in [5.41, 5.74) is 1.90. The molecule has 0 aromatic rings. The molecule has 0 amide bonds. The van der Waals surface area contributed by atoms with Gasteiger partial charge in [0, 0.05) is 12.3 Å². The van der Waals surface area contributed by atoms with E-state index < -0.39 is 0 Å². The summed E-state index contributed by atoms with van der Waals surface area (Å²) in [6, 6.07) is 0. The zero-order valence-electron chi connectivity index (χ0n) is 2.85. The maximum absolute atomic E-state index is 3.92. The lowest BCUT2D eigenvalue weighted by atomic mass is 10.8. The number of thioether (sulfide) groups is 1. The summed E-state index contributed by atoms with van der Waals surface area (Å²) in [6.45, 7) is 1.03. The summed E-state index contributed by atoms with van der Waals surface area (Å²) in [6.07, 6.45) is 0. The highest BCUT2D eigenvalue weighted by Crippen LogP contribution is 1.99. The highest BCUT2D eigenvalue weighted by atomic mass is 32.2. The third kappa shape index (κ3) is 1.45. The first kappa shape index (κ1) is 6.02. The summed E-state index contributed by atoms with van der Waals surface area (Å²) in [7, 11) is 0. The van der Waals surface area contributed by atoms with Gasteiger partial charge in [-0.15, -0.1) is 11.8 Å². The summed E-state index contributed by atoms with van der Waals surface area (Å²) < 4.78 is 0. The predicted molar refractivity (Wildman–Crippen MR) is 32.5 cm³/mol. The molecule has 36 valence electrons. The number of hydrogen-bond donors (Lipinski definition) is 0.